The van der Waals surface area contributed by atoms with Crippen molar-refractivity contribution in [2.75, 3.05) is 26.2 Å². The Hall–Kier alpha value is -2.48. The average Bonchev–Trinajstić information content (AvgIpc) is 2.86. The van der Waals surface area contributed by atoms with E-state index in [0.717, 1.165) is 24.1 Å². The van der Waals surface area contributed by atoms with E-state index in [1.807, 2.05) is 0 Å². The number of nitrogens with zero attached hydrogens (tertiary/aromatic N) is 4. The molecule has 1 aliphatic heterocycles. The fraction of sp³-hybridized carbons (Fsp3) is 0.467. The van der Waals surface area contributed by atoms with Gasteiger partial charge in [0.2, 0.25) is 0 Å². The van der Waals surface area contributed by atoms with Gasteiger partial charge in [-0.15, -0.1) is 0 Å². The molecular formula is C15H19N5O3. The minimum absolute atomic E-state index is 0.140. The number of aryl methyl sites for hydroxylation is 1. The lowest BCUT2D eigenvalue weighted by atomic mass is 10.2. The van der Waals surface area contributed by atoms with Crippen molar-refractivity contribution in [3.8, 4) is 0 Å². The summed E-state index contributed by atoms with van der Waals surface area (Å²) in [6.45, 7) is 2.95. The Bertz CT molecular complexity index is 875. The van der Waals surface area contributed by atoms with E-state index in [4.69, 9.17) is 0 Å². The fourth-order valence-corrected chi connectivity index (χ4v) is 2.81. The summed E-state index contributed by atoms with van der Waals surface area (Å²) >= 11 is 0. The number of hydrogen-bond donors (Lipinski definition) is 1. The number of aromatic nitrogens is 3. The van der Waals surface area contributed by atoms with Gasteiger partial charge in [0.1, 0.15) is 5.65 Å². The third kappa shape index (κ3) is 2.65. The summed E-state index contributed by atoms with van der Waals surface area (Å²) in [5, 5.41) is 3.51. The molecule has 0 aromatic carbocycles. The predicted octanol–water partition coefficient (Wildman–Crippen LogP) is -0.932. The third-order valence-corrected chi connectivity index (χ3v) is 4.17. The highest BCUT2D eigenvalue weighted by Gasteiger charge is 2.19. The monoisotopic (exact) mass is 317 g/mol. The van der Waals surface area contributed by atoms with Crippen LogP contribution in [0, 0.1) is 0 Å². The van der Waals surface area contributed by atoms with E-state index in [2.05, 4.69) is 10.3 Å². The summed E-state index contributed by atoms with van der Waals surface area (Å²) < 4.78 is 2.33. The molecule has 1 fully saturated rings. The van der Waals surface area contributed by atoms with Crippen molar-refractivity contribution >= 4 is 16.9 Å². The molecule has 0 atom stereocenters. The van der Waals surface area contributed by atoms with Crippen LogP contribution in [-0.2, 0) is 14.1 Å². The van der Waals surface area contributed by atoms with E-state index in [1.54, 1.807) is 11.9 Å². The topological polar surface area (TPSA) is 89.2 Å². The van der Waals surface area contributed by atoms with Crippen LogP contribution >= 0.6 is 0 Å². The normalized spacial score (nSPS) is 15.7. The molecule has 0 aliphatic carbocycles. The maximum absolute atomic E-state index is 12.6. The summed E-state index contributed by atoms with van der Waals surface area (Å²) in [4.78, 5) is 42.7. The Morgan fingerprint density at radius 2 is 1.96 bits per heavy atom. The van der Waals surface area contributed by atoms with Crippen molar-refractivity contribution in [1.82, 2.24) is 24.3 Å². The number of pyridine rings is 1. The molecule has 1 aliphatic rings. The van der Waals surface area contributed by atoms with Crippen molar-refractivity contribution in [2.45, 2.75) is 6.42 Å². The van der Waals surface area contributed by atoms with Gasteiger partial charge < -0.3 is 10.2 Å². The summed E-state index contributed by atoms with van der Waals surface area (Å²) in [5.41, 5.74) is -0.224. The first-order valence-corrected chi connectivity index (χ1v) is 7.56. The lowest BCUT2D eigenvalue weighted by Crippen LogP contribution is -2.38. The van der Waals surface area contributed by atoms with Gasteiger partial charge in [0.15, 0.2) is 0 Å². The molecule has 122 valence electrons. The Kier molecular flexibility index (Phi) is 3.99. The highest BCUT2D eigenvalue weighted by molar-refractivity contribution is 5.96. The van der Waals surface area contributed by atoms with Crippen LogP contribution in [0.4, 0.5) is 0 Å². The predicted molar refractivity (Wildman–Crippen MR) is 85.6 cm³/mol. The molecule has 1 amide bonds. The van der Waals surface area contributed by atoms with Crippen molar-refractivity contribution < 1.29 is 4.79 Å². The van der Waals surface area contributed by atoms with E-state index < -0.39 is 11.2 Å². The van der Waals surface area contributed by atoms with Gasteiger partial charge in [-0.2, -0.15) is 0 Å². The summed E-state index contributed by atoms with van der Waals surface area (Å²) in [6.07, 6.45) is 2.32. The molecule has 2 aromatic heterocycles. The van der Waals surface area contributed by atoms with Crippen molar-refractivity contribution in [3.05, 3.63) is 38.7 Å². The lowest BCUT2D eigenvalue weighted by Gasteiger charge is -2.20. The molecule has 8 nitrogen and oxygen atoms in total. The second-order valence-electron chi connectivity index (χ2n) is 5.70. The standard InChI is InChI=1S/C15H19N5O3/c1-18-12-11(14(22)19(2)15(18)23)8-10(9-17-12)13(21)20-6-3-4-16-5-7-20/h8-9,16H,3-7H2,1-2H3. The molecule has 23 heavy (non-hydrogen) atoms. The van der Waals surface area contributed by atoms with Gasteiger partial charge in [0.25, 0.3) is 11.5 Å². The van der Waals surface area contributed by atoms with Gasteiger partial charge >= 0.3 is 5.69 Å². The fourth-order valence-electron chi connectivity index (χ4n) is 2.81. The van der Waals surface area contributed by atoms with E-state index in [1.165, 1.54) is 23.9 Å². The van der Waals surface area contributed by atoms with Crippen LogP contribution in [0.25, 0.3) is 11.0 Å². The smallest absolute Gasteiger partial charge is 0.332 e. The van der Waals surface area contributed by atoms with Crippen LogP contribution in [0.3, 0.4) is 0 Å². The summed E-state index contributed by atoms with van der Waals surface area (Å²) in [5.74, 6) is -0.140. The van der Waals surface area contributed by atoms with Gasteiger partial charge in [-0.25, -0.2) is 9.78 Å². The van der Waals surface area contributed by atoms with Crippen LogP contribution in [0.15, 0.2) is 21.9 Å². The van der Waals surface area contributed by atoms with Crippen molar-refractivity contribution in [3.63, 3.8) is 0 Å². The van der Waals surface area contributed by atoms with Gasteiger partial charge in [-0.1, -0.05) is 0 Å². The first-order chi connectivity index (χ1) is 11.0. The van der Waals surface area contributed by atoms with Gasteiger partial charge in [0.05, 0.1) is 10.9 Å². The molecule has 0 spiro atoms. The Balaban J connectivity index is 2.08. The maximum Gasteiger partial charge on any atom is 0.332 e. The molecule has 1 N–H and O–H groups in total. The van der Waals surface area contributed by atoms with E-state index in [0.29, 0.717) is 18.7 Å². The number of hydrogen-bond acceptors (Lipinski definition) is 5. The number of nitrogens with one attached hydrogen (secondary N) is 1. The minimum atomic E-state index is -0.442. The number of carbonyl (C=O) groups excluding carboxylic acids is 1. The first-order valence-electron chi connectivity index (χ1n) is 7.56. The number of carbonyl (C=O) groups is 1. The van der Waals surface area contributed by atoms with E-state index >= 15 is 0 Å². The number of rotatable bonds is 1. The van der Waals surface area contributed by atoms with Crippen LogP contribution in [0.2, 0.25) is 0 Å². The number of fused-ring (bicyclic) bond motifs is 1. The molecule has 3 heterocycles. The molecule has 0 bridgehead atoms. The zero-order valence-electron chi connectivity index (χ0n) is 13.2. The Morgan fingerprint density at radius 1 is 1.17 bits per heavy atom. The quantitative estimate of drug-likeness (QED) is 0.734. The minimum Gasteiger partial charge on any atom is -0.337 e. The number of amides is 1. The van der Waals surface area contributed by atoms with Crippen molar-refractivity contribution in [1.29, 1.82) is 0 Å². The van der Waals surface area contributed by atoms with Gasteiger partial charge in [0, 0.05) is 39.9 Å². The van der Waals surface area contributed by atoms with Crippen molar-refractivity contribution in [2.24, 2.45) is 14.1 Å². The Labute approximate surface area is 132 Å². The van der Waals surface area contributed by atoms with Crippen LogP contribution < -0.4 is 16.6 Å². The zero-order valence-corrected chi connectivity index (χ0v) is 13.2. The molecule has 1 saturated heterocycles. The third-order valence-electron chi connectivity index (χ3n) is 4.17. The summed E-state index contributed by atoms with van der Waals surface area (Å²) in [6, 6.07) is 1.53. The largest absolute Gasteiger partial charge is 0.337 e. The SMILES string of the molecule is Cn1c(=O)c2cc(C(=O)N3CCCNCC3)cnc2n(C)c1=O. The second kappa shape index (κ2) is 5.96. The molecular weight excluding hydrogens is 298 g/mol. The zero-order chi connectivity index (χ0) is 16.6. The molecule has 0 radical (unpaired) electrons. The lowest BCUT2D eigenvalue weighted by molar-refractivity contribution is 0.0766. The molecule has 8 heteroatoms. The van der Waals surface area contributed by atoms with Crippen LogP contribution in [-0.4, -0.2) is 51.1 Å². The average molecular weight is 317 g/mol. The van der Waals surface area contributed by atoms with Crippen LogP contribution in [0.5, 0.6) is 0 Å². The highest BCUT2D eigenvalue weighted by Crippen LogP contribution is 2.11. The van der Waals surface area contributed by atoms with Gasteiger partial charge in [-0.05, 0) is 19.0 Å². The highest BCUT2D eigenvalue weighted by atomic mass is 16.2. The molecule has 3 rings (SSSR count). The Morgan fingerprint density at radius 3 is 2.74 bits per heavy atom. The van der Waals surface area contributed by atoms with Crippen LogP contribution in [0.1, 0.15) is 16.8 Å². The summed E-state index contributed by atoms with van der Waals surface area (Å²) in [7, 11) is 2.97. The first kappa shape index (κ1) is 15.4. The second-order valence-corrected chi connectivity index (χ2v) is 5.70. The maximum atomic E-state index is 12.6. The molecule has 0 saturated carbocycles. The molecule has 2 aromatic rings. The molecule has 0 unspecified atom stereocenters. The van der Waals surface area contributed by atoms with Gasteiger partial charge in [-0.3, -0.25) is 18.7 Å². The van der Waals surface area contributed by atoms with E-state index in [-0.39, 0.29) is 16.9 Å². The van der Waals surface area contributed by atoms with E-state index in [9.17, 15) is 14.4 Å².